The van der Waals surface area contributed by atoms with Gasteiger partial charge in [0.15, 0.2) is 0 Å². The quantitative estimate of drug-likeness (QED) is 0.762. The molecule has 0 fully saturated rings. The molecule has 0 radical (unpaired) electrons. The molecule has 6 nitrogen and oxygen atoms in total. The number of nitrogens with one attached hydrogen (secondary N) is 1. The molecule has 2 aromatic rings. The summed E-state index contributed by atoms with van der Waals surface area (Å²) < 4.78 is 5.08. The van der Waals surface area contributed by atoms with Crippen molar-refractivity contribution >= 4 is 12.1 Å². The molecule has 2 aromatic carbocycles. The first kappa shape index (κ1) is 16.4. The van der Waals surface area contributed by atoms with E-state index in [1.807, 2.05) is 30.3 Å². The minimum absolute atomic E-state index is 0.0766. The summed E-state index contributed by atoms with van der Waals surface area (Å²) in [6, 6.07) is 14.5. The summed E-state index contributed by atoms with van der Waals surface area (Å²) in [6.07, 6.45) is -1.11. The van der Waals surface area contributed by atoms with E-state index in [-0.39, 0.29) is 18.8 Å². The van der Waals surface area contributed by atoms with Gasteiger partial charge in [-0.25, -0.2) is 4.79 Å². The zero-order valence-electron chi connectivity index (χ0n) is 12.3. The van der Waals surface area contributed by atoms with Gasteiger partial charge in [0.25, 0.3) is 0 Å². The lowest BCUT2D eigenvalue weighted by Gasteiger charge is -2.18. The Morgan fingerprint density at radius 3 is 2.35 bits per heavy atom. The highest BCUT2D eigenvalue weighted by molar-refractivity contribution is 5.72. The Balaban J connectivity index is 2.01. The van der Waals surface area contributed by atoms with Crippen LogP contribution in [0, 0.1) is 0 Å². The molecule has 0 saturated heterocycles. The van der Waals surface area contributed by atoms with Crippen molar-refractivity contribution in [3.05, 3.63) is 65.7 Å². The van der Waals surface area contributed by atoms with Gasteiger partial charge in [0.1, 0.15) is 12.4 Å². The minimum Gasteiger partial charge on any atom is -0.508 e. The van der Waals surface area contributed by atoms with Gasteiger partial charge in [-0.1, -0.05) is 48.5 Å². The average Bonchev–Trinajstić information content (AvgIpc) is 2.53. The van der Waals surface area contributed by atoms with E-state index in [1.54, 1.807) is 18.2 Å². The minimum atomic E-state index is -1.10. The molecule has 0 aliphatic carbocycles. The third-order valence-corrected chi connectivity index (χ3v) is 3.20. The van der Waals surface area contributed by atoms with Crippen LogP contribution in [0.3, 0.4) is 0 Å². The topological polar surface area (TPSA) is 95.9 Å². The van der Waals surface area contributed by atoms with Gasteiger partial charge in [-0.2, -0.15) is 0 Å². The molecule has 0 heterocycles. The van der Waals surface area contributed by atoms with E-state index in [0.717, 1.165) is 5.56 Å². The third-order valence-electron chi connectivity index (χ3n) is 3.20. The molecule has 0 saturated carbocycles. The first-order chi connectivity index (χ1) is 11.1. The van der Waals surface area contributed by atoms with Gasteiger partial charge in [0, 0.05) is 5.56 Å². The lowest BCUT2D eigenvalue weighted by molar-refractivity contribution is -0.137. The number of carboxylic acid groups (broad SMARTS) is 1. The summed E-state index contributed by atoms with van der Waals surface area (Å²) >= 11 is 0. The number of phenolic OH excluding ortho intramolecular Hbond substituents is 1. The molecule has 0 aliphatic heterocycles. The molecule has 1 atom stereocenters. The van der Waals surface area contributed by atoms with Crippen LogP contribution in [0.25, 0.3) is 0 Å². The first-order valence-corrected chi connectivity index (χ1v) is 7.03. The van der Waals surface area contributed by atoms with Crippen LogP contribution in [0.4, 0.5) is 4.79 Å². The van der Waals surface area contributed by atoms with Crippen molar-refractivity contribution in [2.24, 2.45) is 0 Å². The predicted octanol–water partition coefficient (Wildman–Crippen LogP) is 2.83. The van der Waals surface area contributed by atoms with Crippen LogP contribution in [0.5, 0.6) is 5.75 Å². The van der Waals surface area contributed by atoms with Crippen molar-refractivity contribution < 1.29 is 24.5 Å². The lowest BCUT2D eigenvalue weighted by Crippen LogP contribution is -2.30. The number of aromatic hydroxyl groups is 1. The van der Waals surface area contributed by atoms with E-state index in [1.165, 1.54) is 6.07 Å². The van der Waals surface area contributed by atoms with E-state index < -0.39 is 18.1 Å². The van der Waals surface area contributed by atoms with Crippen molar-refractivity contribution in [2.45, 2.75) is 19.1 Å². The molecular weight excluding hydrogens is 298 g/mol. The number of carboxylic acids is 1. The number of aliphatic carboxylic acids is 1. The highest BCUT2D eigenvalue weighted by Gasteiger charge is 2.21. The Morgan fingerprint density at radius 2 is 1.70 bits per heavy atom. The van der Waals surface area contributed by atoms with Gasteiger partial charge in [0.05, 0.1) is 12.5 Å². The van der Waals surface area contributed by atoms with Crippen molar-refractivity contribution in [1.82, 2.24) is 5.32 Å². The number of hydrogen-bond donors (Lipinski definition) is 3. The van der Waals surface area contributed by atoms with Crippen LogP contribution in [0.1, 0.15) is 23.6 Å². The second kappa shape index (κ2) is 7.84. The average molecular weight is 315 g/mol. The highest BCUT2D eigenvalue weighted by Crippen LogP contribution is 2.26. The van der Waals surface area contributed by atoms with Crippen molar-refractivity contribution in [2.75, 3.05) is 0 Å². The molecule has 120 valence electrons. The van der Waals surface area contributed by atoms with Crippen LogP contribution in [0.2, 0.25) is 0 Å². The zero-order chi connectivity index (χ0) is 16.7. The Bertz CT molecular complexity index is 672. The molecule has 3 N–H and O–H groups in total. The maximum Gasteiger partial charge on any atom is 0.407 e. The number of para-hydroxylation sites is 1. The molecule has 0 aromatic heterocycles. The normalized spacial score (nSPS) is 11.5. The van der Waals surface area contributed by atoms with E-state index in [0.29, 0.717) is 5.56 Å². The summed E-state index contributed by atoms with van der Waals surface area (Å²) in [5.41, 5.74) is 1.14. The summed E-state index contributed by atoms with van der Waals surface area (Å²) in [7, 11) is 0. The fourth-order valence-corrected chi connectivity index (χ4v) is 2.10. The molecule has 23 heavy (non-hydrogen) atoms. The van der Waals surface area contributed by atoms with Crippen LogP contribution in [-0.2, 0) is 16.1 Å². The molecule has 0 spiro atoms. The van der Waals surface area contributed by atoms with Gasteiger partial charge in [-0.3, -0.25) is 4.79 Å². The second-order valence-electron chi connectivity index (χ2n) is 4.92. The van der Waals surface area contributed by atoms with E-state index in [2.05, 4.69) is 5.32 Å². The summed E-state index contributed by atoms with van der Waals surface area (Å²) in [5.74, 6) is -1.18. The summed E-state index contributed by atoms with van der Waals surface area (Å²) in [4.78, 5) is 22.9. The molecule has 6 heteroatoms. The Kier molecular flexibility index (Phi) is 5.57. The molecular formula is C17H17NO5. The van der Waals surface area contributed by atoms with E-state index >= 15 is 0 Å². The molecule has 2 rings (SSSR count). The maximum atomic E-state index is 11.9. The lowest BCUT2D eigenvalue weighted by atomic mass is 10.0. The number of hydrogen-bond acceptors (Lipinski definition) is 4. The number of phenols is 1. The molecule has 0 unspecified atom stereocenters. The van der Waals surface area contributed by atoms with Gasteiger partial charge in [-0.15, -0.1) is 0 Å². The number of rotatable bonds is 6. The number of amides is 1. The largest absolute Gasteiger partial charge is 0.508 e. The SMILES string of the molecule is O=C(O)C[C@H](NC(=O)OCc1ccccc1)c1ccccc1O. The van der Waals surface area contributed by atoms with Gasteiger partial charge in [0.2, 0.25) is 0 Å². The Hall–Kier alpha value is -3.02. The van der Waals surface area contributed by atoms with Gasteiger partial charge < -0.3 is 20.3 Å². The zero-order valence-corrected chi connectivity index (χ0v) is 12.3. The highest BCUT2D eigenvalue weighted by atomic mass is 16.5. The number of ether oxygens (including phenoxy) is 1. The second-order valence-corrected chi connectivity index (χ2v) is 4.92. The van der Waals surface area contributed by atoms with Crippen molar-refractivity contribution in [3.8, 4) is 5.75 Å². The Morgan fingerprint density at radius 1 is 1.04 bits per heavy atom. The third kappa shape index (κ3) is 5.03. The van der Waals surface area contributed by atoms with Crippen LogP contribution in [0.15, 0.2) is 54.6 Å². The van der Waals surface area contributed by atoms with Crippen molar-refractivity contribution in [3.63, 3.8) is 0 Å². The number of carbonyl (C=O) groups excluding carboxylic acids is 1. The van der Waals surface area contributed by atoms with E-state index in [4.69, 9.17) is 9.84 Å². The first-order valence-electron chi connectivity index (χ1n) is 7.03. The van der Waals surface area contributed by atoms with Gasteiger partial charge >= 0.3 is 12.1 Å². The molecule has 0 aliphatic rings. The predicted molar refractivity (Wildman–Crippen MR) is 82.9 cm³/mol. The monoisotopic (exact) mass is 315 g/mol. The van der Waals surface area contributed by atoms with Crippen LogP contribution in [-0.4, -0.2) is 22.3 Å². The Labute approximate surface area is 133 Å². The van der Waals surface area contributed by atoms with E-state index in [9.17, 15) is 14.7 Å². The number of benzene rings is 2. The number of carbonyl (C=O) groups is 2. The van der Waals surface area contributed by atoms with Gasteiger partial charge in [-0.05, 0) is 11.6 Å². The van der Waals surface area contributed by atoms with Crippen molar-refractivity contribution in [1.29, 1.82) is 0 Å². The standard InChI is InChI=1S/C17H17NO5/c19-15-9-5-4-8-13(15)14(10-16(20)21)18-17(22)23-11-12-6-2-1-3-7-12/h1-9,14,19H,10-11H2,(H,18,22)(H,20,21)/t14-/m0/s1. The van der Waals surface area contributed by atoms with Crippen LogP contribution >= 0.6 is 0 Å². The summed E-state index contributed by atoms with van der Waals surface area (Å²) in [6.45, 7) is 0.0766. The van der Waals surface area contributed by atoms with Crippen LogP contribution < -0.4 is 5.32 Å². The number of alkyl carbamates (subject to hydrolysis) is 1. The summed E-state index contributed by atoms with van der Waals surface area (Å²) in [5, 5.41) is 21.3. The molecule has 1 amide bonds. The maximum absolute atomic E-state index is 11.9. The fraction of sp³-hybridized carbons (Fsp3) is 0.176. The molecule has 0 bridgehead atoms. The fourth-order valence-electron chi connectivity index (χ4n) is 2.10. The smallest absolute Gasteiger partial charge is 0.407 e.